The van der Waals surface area contributed by atoms with E-state index in [1.807, 2.05) is 4.90 Å². The number of ether oxygens (including phenoxy) is 2. The van der Waals surface area contributed by atoms with Gasteiger partial charge in [0.2, 0.25) is 5.91 Å². The van der Waals surface area contributed by atoms with Crippen LogP contribution in [-0.2, 0) is 20.9 Å². The number of fused-ring (bicyclic) bond motifs is 2. The second kappa shape index (κ2) is 12.1. The zero-order valence-electron chi connectivity index (χ0n) is 24.6. The van der Waals surface area contributed by atoms with Gasteiger partial charge in [0.25, 0.3) is 0 Å². The fourth-order valence-corrected chi connectivity index (χ4v) is 8.25. The van der Waals surface area contributed by atoms with E-state index >= 15 is 0 Å². The second-order valence-electron chi connectivity index (χ2n) is 12.8. The van der Waals surface area contributed by atoms with E-state index in [1.165, 1.54) is 30.0 Å². The number of nitriles is 1. The number of carbonyl (C=O) groups is 1. The van der Waals surface area contributed by atoms with E-state index < -0.39 is 0 Å². The van der Waals surface area contributed by atoms with Gasteiger partial charge in [-0.3, -0.25) is 20.3 Å². The molecule has 1 aromatic rings. The van der Waals surface area contributed by atoms with E-state index in [9.17, 15) is 10.1 Å². The van der Waals surface area contributed by atoms with Crippen molar-refractivity contribution in [1.82, 2.24) is 25.3 Å². The molecule has 0 radical (unpaired) electrons. The Morgan fingerprint density at radius 2 is 2.10 bits per heavy atom. The van der Waals surface area contributed by atoms with Crippen molar-refractivity contribution in [3.8, 4) is 6.07 Å². The molecule has 4 aliphatic heterocycles. The number of hydrogen-bond donors (Lipinski definition) is 2. The molecule has 9 heteroatoms. The monoisotopic (exact) mass is 562 g/mol. The Labute approximate surface area is 244 Å². The summed E-state index contributed by atoms with van der Waals surface area (Å²) in [6.45, 7) is 10.5. The normalized spacial score (nSPS) is 37.8. The third-order valence-corrected chi connectivity index (χ3v) is 10.7. The molecule has 6 rings (SSSR count). The van der Waals surface area contributed by atoms with Crippen LogP contribution in [0.25, 0.3) is 0 Å². The molecule has 0 aromatic heterocycles. The third-order valence-electron chi connectivity index (χ3n) is 10.7. The zero-order valence-corrected chi connectivity index (χ0v) is 24.6. The zero-order chi connectivity index (χ0) is 28.6. The van der Waals surface area contributed by atoms with Gasteiger partial charge in [0, 0.05) is 43.6 Å². The summed E-state index contributed by atoms with van der Waals surface area (Å²) in [5, 5.41) is 17.2. The first-order chi connectivity index (χ1) is 19.9. The lowest BCUT2D eigenvalue weighted by molar-refractivity contribution is -0.160. The lowest BCUT2D eigenvalue weighted by Gasteiger charge is -2.57. The Hall–Kier alpha value is -2.32. The first kappa shape index (κ1) is 28.8. The van der Waals surface area contributed by atoms with Crippen LogP contribution in [0.1, 0.15) is 62.5 Å². The molecule has 2 N–H and O–H groups in total. The Morgan fingerprint density at radius 3 is 2.88 bits per heavy atom. The van der Waals surface area contributed by atoms with Crippen LogP contribution in [0.15, 0.2) is 36.9 Å². The topological polar surface area (TPSA) is 93.1 Å². The number of piperazine rings is 1. The average Bonchev–Trinajstić information content (AvgIpc) is 3.41. The fraction of sp³-hybridized carbons (Fsp3) is 0.688. The molecule has 9 nitrogen and oxygen atoms in total. The number of rotatable bonds is 6. The van der Waals surface area contributed by atoms with E-state index in [1.54, 1.807) is 0 Å². The van der Waals surface area contributed by atoms with E-state index in [0.29, 0.717) is 50.6 Å². The number of carbonyl (C=O) groups excluding carboxylic acids is 1. The minimum absolute atomic E-state index is 0.0914. The maximum absolute atomic E-state index is 12.6. The highest BCUT2D eigenvalue weighted by atomic mass is 16.5. The van der Waals surface area contributed by atoms with Crippen LogP contribution in [0.4, 0.5) is 0 Å². The molecule has 5 aliphatic rings. The van der Waals surface area contributed by atoms with Crippen LogP contribution in [0.2, 0.25) is 0 Å². The van der Waals surface area contributed by atoms with E-state index in [-0.39, 0.29) is 36.1 Å². The molecule has 1 saturated carbocycles. The van der Waals surface area contributed by atoms with Gasteiger partial charge in [-0.25, -0.2) is 0 Å². The number of likely N-dealkylation sites (tertiary alicyclic amines) is 1. The highest BCUT2D eigenvalue weighted by molar-refractivity contribution is 5.87. The molecule has 7 unspecified atom stereocenters. The van der Waals surface area contributed by atoms with Gasteiger partial charge in [0.1, 0.15) is 0 Å². The van der Waals surface area contributed by atoms with Crippen LogP contribution in [-0.4, -0.2) is 96.7 Å². The molecule has 41 heavy (non-hydrogen) atoms. The van der Waals surface area contributed by atoms with Gasteiger partial charge < -0.3 is 19.3 Å². The summed E-state index contributed by atoms with van der Waals surface area (Å²) in [5.41, 5.74) is 2.53. The van der Waals surface area contributed by atoms with Gasteiger partial charge in [0.15, 0.2) is 6.35 Å². The molecule has 1 aliphatic carbocycles. The molecule has 4 fully saturated rings. The SMILES string of the molecule is C=CC(=O)N1CCN(C2NC(OCC3CCCN3C)NC3C[C@@]4(CCC32)OCc2ccccc2C4C)CC1CC#N. The predicted molar refractivity (Wildman–Crippen MR) is 156 cm³/mol. The second-order valence-corrected chi connectivity index (χ2v) is 12.8. The molecule has 8 atom stereocenters. The summed E-state index contributed by atoms with van der Waals surface area (Å²) < 4.78 is 13.3. The van der Waals surface area contributed by atoms with Crippen molar-refractivity contribution in [2.75, 3.05) is 39.8 Å². The van der Waals surface area contributed by atoms with Crippen LogP contribution < -0.4 is 10.6 Å². The van der Waals surface area contributed by atoms with Crippen molar-refractivity contribution >= 4 is 5.91 Å². The largest absolute Gasteiger partial charge is 0.370 e. The fourth-order valence-electron chi connectivity index (χ4n) is 8.25. The lowest BCUT2D eigenvalue weighted by Crippen LogP contribution is -2.73. The molecule has 4 heterocycles. The minimum Gasteiger partial charge on any atom is -0.370 e. The maximum atomic E-state index is 12.6. The molecule has 222 valence electrons. The smallest absolute Gasteiger partial charge is 0.246 e. The lowest BCUT2D eigenvalue weighted by atomic mass is 9.65. The van der Waals surface area contributed by atoms with Crippen LogP contribution in [0.5, 0.6) is 0 Å². The van der Waals surface area contributed by atoms with E-state index in [0.717, 1.165) is 32.4 Å². The summed E-state index contributed by atoms with van der Waals surface area (Å²) in [6, 6.07) is 11.6. The Kier molecular flexibility index (Phi) is 8.51. The van der Waals surface area contributed by atoms with Gasteiger partial charge in [-0.15, -0.1) is 0 Å². The van der Waals surface area contributed by atoms with E-state index in [2.05, 4.69) is 71.3 Å². The number of hydrogen-bond acceptors (Lipinski definition) is 8. The van der Waals surface area contributed by atoms with Gasteiger partial charge in [0.05, 0.1) is 43.5 Å². The van der Waals surface area contributed by atoms with Crippen molar-refractivity contribution in [2.24, 2.45) is 5.92 Å². The Balaban J connectivity index is 1.22. The first-order valence-electron chi connectivity index (χ1n) is 15.5. The maximum Gasteiger partial charge on any atom is 0.246 e. The molecule has 0 bridgehead atoms. The van der Waals surface area contributed by atoms with Gasteiger partial charge in [-0.2, -0.15) is 5.26 Å². The highest BCUT2D eigenvalue weighted by Gasteiger charge is 2.53. The van der Waals surface area contributed by atoms with Crippen LogP contribution in [0, 0.1) is 17.2 Å². The summed E-state index contributed by atoms with van der Waals surface area (Å²) in [4.78, 5) is 19.2. The van der Waals surface area contributed by atoms with Gasteiger partial charge >= 0.3 is 0 Å². The highest BCUT2D eigenvalue weighted by Crippen LogP contribution is 2.49. The van der Waals surface area contributed by atoms with Crippen LogP contribution in [0.3, 0.4) is 0 Å². The summed E-state index contributed by atoms with van der Waals surface area (Å²) in [6.07, 6.45) is 6.89. The van der Waals surface area contributed by atoms with Crippen molar-refractivity contribution in [3.05, 3.63) is 48.0 Å². The minimum atomic E-state index is -0.265. The van der Waals surface area contributed by atoms with Gasteiger partial charge in [-0.05, 0) is 62.9 Å². The standard InChI is InChI=1S/C32H46N6O3/c1-4-29(39)38-17-16-37(19-24(38)12-14-33)30-27-11-13-32(22(2)26-10-6-5-8-23(26)20-41-32)18-28(27)34-31(35-30)40-21-25-9-7-15-36(25)3/h4-6,8,10,22,24-25,27-28,30-31,34-35H,1,7,9,11-13,15-21H2,2-3H3/t22?,24?,25?,27?,28?,30?,31?,32-/m1/s1. The molecular formula is C32H46N6O3. The first-order valence-corrected chi connectivity index (χ1v) is 15.5. The molecule has 3 saturated heterocycles. The molecular weight excluding hydrogens is 516 g/mol. The number of nitrogens with one attached hydrogen (secondary N) is 2. The van der Waals surface area contributed by atoms with E-state index in [4.69, 9.17) is 9.47 Å². The molecule has 1 spiro atoms. The summed E-state index contributed by atoms with van der Waals surface area (Å²) >= 11 is 0. The Bertz CT molecular complexity index is 1160. The predicted octanol–water partition coefficient (Wildman–Crippen LogP) is 2.75. The number of amides is 1. The summed E-state index contributed by atoms with van der Waals surface area (Å²) in [7, 11) is 2.19. The van der Waals surface area contributed by atoms with Crippen molar-refractivity contribution in [1.29, 1.82) is 5.26 Å². The average molecular weight is 563 g/mol. The molecule has 1 aromatic carbocycles. The number of benzene rings is 1. The Morgan fingerprint density at radius 1 is 1.24 bits per heavy atom. The van der Waals surface area contributed by atoms with Gasteiger partial charge in [-0.1, -0.05) is 37.8 Å². The quantitative estimate of drug-likeness (QED) is 0.512. The molecule has 1 amide bonds. The van der Waals surface area contributed by atoms with Crippen LogP contribution >= 0.6 is 0 Å². The summed E-state index contributed by atoms with van der Waals surface area (Å²) in [5.74, 6) is 0.599. The van der Waals surface area contributed by atoms with Crippen molar-refractivity contribution in [2.45, 2.75) is 94.2 Å². The van der Waals surface area contributed by atoms with Crippen molar-refractivity contribution < 1.29 is 14.3 Å². The number of nitrogens with zero attached hydrogens (tertiary/aromatic N) is 4. The number of likely N-dealkylation sites (N-methyl/N-ethyl adjacent to an activating group) is 1. The third kappa shape index (κ3) is 5.58. The van der Waals surface area contributed by atoms with Crippen molar-refractivity contribution in [3.63, 3.8) is 0 Å².